The highest BCUT2D eigenvalue weighted by Crippen LogP contribution is 2.32. The molecular weight excluding hydrogens is 300 g/mol. The average molecular weight is 320 g/mol. The molecule has 2 N–H and O–H groups in total. The molecule has 0 bridgehead atoms. The third kappa shape index (κ3) is 3.08. The number of carbonyl (C=O) groups excluding carboxylic acids is 1. The van der Waals surface area contributed by atoms with E-state index in [9.17, 15) is 9.90 Å². The molecule has 0 saturated heterocycles. The van der Waals surface area contributed by atoms with Crippen LogP contribution in [0.4, 0.5) is 11.4 Å². The Morgan fingerprint density at radius 1 is 1.21 bits per heavy atom. The number of fused-ring (bicyclic) bond motifs is 1. The first-order valence-electron chi connectivity index (χ1n) is 8.07. The van der Waals surface area contributed by atoms with Gasteiger partial charge in [0.2, 0.25) is 0 Å². The molecule has 2 aromatic carbocycles. The van der Waals surface area contributed by atoms with Crippen LogP contribution < -0.4 is 5.32 Å². The Morgan fingerprint density at radius 3 is 2.75 bits per heavy atom. The minimum atomic E-state index is 0.0658. The smallest absolute Gasteiger partial charge is 0.166 e. The second kappa shape index (κ2) is 6.71. The summed E-state index contributed by atoms with van der Waals surface area (Å²) in [5.74, 6) is 0.223. The van der Waals surface area contributed by atoms with Crippen molar-refractivity contribution in [1.29, 1.82) is 0 Å². The molecule has 0 radical (unpaired) electrons. The summed E-state index contributed by atoms with van der Waals surface area (Å²) in [5.41, 5.74) is 4.02. The number of rotatable bonds is 5. The van der Waals surface area contributed by atoms with Crippen LogP contribution in [-0.4, -0.2) is 15.9 Å². The lowest BCUT2D eigenvalue weighted by Crippen LogP contribution is -2.06. The van der Waals surface area contributed by atoms with Crippen molar-refractivity contribution in [2.75, 3.05) is 5.32 Å². The Labute approximate surface area is 141 Å². The van der Waals surface area contributed by atoms with Gasteiger partial charge in [-0.3, -0.25) is 9.78 Å². The van der Waals surface area contributed by atoms with Gasteiger partial charge in [0.15, 0.2) is 5.78 Å². The summed E-state index contributed by atoms with van der Waals surface area (Å²) >= 11 is 0. The fraction of sp³-hybridized carbons (Fsp3) is 0.200. The molecule has 0 atom stereocenters. The lowest BCUT2D eigenvalue weighted by molar-refractivity contribution is 0.0982. The highest BCUT2D eigenvalue weighted by molar-refractivity contribution is 6.09. The number of para-hydroxylation sites is 1. The Morgan fingerprint density at radius 2 is 2.00 bits per heavy atom. The van der Waals surface area contributed by atoms with E-state index in [2.05, 4.69) is 10.3 Å². The zero-order valence-electron chi connectivity index (χ0n) is 13.8. The zero-order chi connectivity index (χ0) is 17.1. The summed E-state index contributed by atoms with van der Waals surface area (Å²) in [7, 11) is 0. The number of aromatic hydroxyl groups is 1. The molecule has 4 nitrogen and oxygen atoms in total. The van der Waals surface area contributed by atoms with E-state index in [1.54, 1.807) is 24.4 Å². The van der Waals surface area contributed by atoms with Crippen LogP contribution in [0.25, 0.3) is 10.9 Å². The van der Waals surface area contributed by atoms with Crippen molar-refractivity contribution in [2.24, 2.45) is 0 Å². The van der Waals surface area contributed by atoms with E-state index in [0.717, 1.165) is 28.7 Å². The van der Waals surface area contributed by atoms with Crippen molar-refractivity contribution < 1.29 is 9.90 Å². The van der Waals surface area contributed by atoms with Crippen molar-refractivity contribution in [1.82, 2.24) is 4.98 Å². The molecule has 3 aromatic rings. The molecule has 1 aromatic heterocycles. The van der Waals surface area contributed by atoms with Crippen molar-refractivity contribution in [2.45, 2.75) is 26.7 Å². The Balaban J connectivity index is 2.18. The van der Waals surface area contributed by atoms with E-state index in [1.807, 2.05) is 38.1 Å². The predicted molar refractivity (Wildman–Crippen MR) is 97.1 cm³/mol. The second-order valence-electron chi connectivity index (χ2n) is 5.86. The lowest BCUT2D eigenvalue weighted by Gasteiger charge is -2.15. The van der Waals surface area contributed by atoms with Crippen LogP contribution in [0.3, 0.4) is 0 Å². The number of benzene rings is 2. The van der Waals surface area contributed by atoms with Crippen molar-refractivity contribution in [3.05, 3.63) is 59.8 Å². The Bertz CT molecular complexity index is 903. The van der Waals surface area contributed by atoms with Gasteiger partial charge in [0, 0.05) is 29.8 Å². The fourth-order valence-corrected chi connectivity index (χ4v) is 2.74. The number of ketones is 1. The van der Waals surface area contributed by atoms with E-state index in [-0.39, 0.29) is 11.5 Å². The van der Waals surface area contributed by atoms with Crippen LogP contribution in [0, 0.1) is 6.92 Å². The van der Waals surface area contributed by atoms with Crippen LogP contribution in [0.1, 0.15) is 35.7 Å². The Hall–Kier alpha value is -2.88. The summed E-state index contributed by atoms with van der Waals surface area (Å²) in [6, 6.07) is 12.9. The number of aryl methyl sites for hydroxylation is 1. The summed E-state index contributed by atoms with van der Waals surface area (Å²) in [6.07, 6.45) is 2.87. The number of phenolic OH excluding ortho intramolecular Hbond substituents is 1. The number of hydrogen-bond donors (Lipinski definition) is 2. The predicted octanol–water partition coefficient (Wildman–Crippen LogP) is 4.98. The summed E-state index contributed by atoms with van der Waals surface area (Å²) < 4.78 is 0. The maximum absolute atomic E-state index is 12.5. The minimum absolute atomic E-state index is 0.0658. The van der Waals surface area contributed by atoms with Gasteiger partial charge in [-0.1, -0.05) is 25.1 Å². The van der Waals surface area contributed by atoms with Gasteiger partial charge in [0.1, 0.15) is 5.75 Å². The monoisotopic (exact) mass is 320 g/mol. The first kappa shape index (κ1) is 16.0. The number of hydrogen-bond acceptors (Lipinski definition) is 4. The van der Waals surface area contributed by atoms with Gasteiger partial charge < -0.3 is 10.4 Å². The van der Waals surface area contributed by atoms with Gasteiger partial charge in [0.05, 0.1) is 16.8 Å². The SMILES string of the molecule is CCCC(=O)c1cnc2cc(O)ccc2c1Nc1ccccc1C. The molecule has 24 heavy (non-hydrogen) atoms. The summed E-state index contributed by atoms with van der Waals surface area (Å²) in [5, 5.41) is 13.9. The number of phenols is 1. The van der Waals surface area contributed by atoms with Crippen LogP contribution in [0.15, 0.2) is 48.7 Å². The van der Waals surface area contributed by atoms with Crippen molar-refractivity contribution in [3.63, 3.8) is 0 Å². The molecule has 0 amide bonds. The molecule has 0 aliphatic carbocycles. The van der Waals surface area contributed by atoms with E-state index in [1.165, 1.54) is 0 Å². The standard InChI is InChI=1S/C20H20N2O2/c1-3-6-19(24)16-12-21-18-11-14(23)9-10-15(18)20(16)22-17-8-5-4-7-13(17)2/h4-5,7-12,23H,3,6H2,1-2H3,(H,21,22). The van der Waals surface area contributed by atoms with Gasteiger partial charge in [0.25, 0.3) is 0 Å². The summed E-state index contributed by atoms with van der Waals surface area (Å²) in [6.45, 7) is 4.00. The summed E-state index contributed by atoms with van der Waals surface area (Å²) in [4.78, 5) is 16.9. The molecule has 4 heteroatoms. The highest BCUT2D eigenvalue weighted by atomic mass is 16.3. The molecular formula is C20H20N2O2. The van der Waals surface area contributed by atoms with Crippen molar-refractivity contribution >= 4 is 28.1 Å². The minimum Gasteiger partial charge on any atom is -0.508 e. The number of pyridine rings is 1. The molecule has 0 saturated carbocycles. The van der Waals surface area contributed by atoms with Gasteiger partial charge in [-0.2, -0.15) is 0 Å². The highest BCUT2D eigenvalue weighted by Gasteiger charge is 2.16. The van der Waals surface area contributed by atoms with Gasteiger partial charge in [-0.15, -0.1) is 0 Å². The topological polar surface area (TPSA) is 62.2 Å². The average Bonchev–Trinajstić information content (AvgIpc) is 2.57. The molecule has 1 heterocycles. The van der Waals surface area contributed by atoms with Crippen LogP contribution in [0.5, 0.6) is 5.75 Å². The number of Topliss-reactive ketones (excluding diaryl/α,β-unsaturated/α-hetero) is 1. The third-order valence-corrected chi connectivity index (χ3v) is 4.03. The van der Waals surface area contributed by atoms with Crippen LogP contribution in [-0.2, 0) is 0 Å². The van der Waals surface area contributed by atoms with E-state index < -0.39 is 0 Å². The lowest BCUT2D eigenvalue weighted by atomic mass is 10.0. The number of nitrogens with zero attached hydrogens (tertiary/aromatic N) is 1. The largest absolute Gasteiger partial charge is 0.508 e. The van der Waals surface area contributed by atoms with E-state index in [4.69, 9.17) is 0 Å². The quantitative estimate of drug-likeness (QED) is 0.651. The fourth-order valence-electron chi connectivity index (χ4n) is 2.74. The molecule has 0 unspecified atom stereocenters. The van der Waals surface area contributed by atoms with Crippen LogP contribution >= 0.6 is 0 Å². The third-order valence-electron chi connectivity index (χ3n) is 4.03. The molecule has 0 fully saturated rings. The second-order valence-corrected chi connectivity index (χ2v) is 5.86. The maximum atomic E-state index is 12.5. The van der Waals surface area contributed by atoms with E-state index >= 15 is 0 Å². The van der Waals surface area contributed by atoms with Gasteiger partial charge in [-0.05, 0) is 37.1 Å². The van der Waals surface area contributed by atoms with Gasteiger partial charge >= 0.3 is 0 Å². The van der Waals surface area contributed by atoms with Crippen molar-refractivity contribution in [3.8, 4) is 5.75 Å². The molecule has 3 rings (SSSR count). The van der Waals surface area contributed by atoms with Gasteiger partial charge in [-0.25, -0.2) is 0 Å². The molecule has 122 valence electrons. The molecule has 0 aliphatic heterocycles. The first-order valence-corrected chi connectivity index (χ1v) is 8.07. The number of nitrogens with one attached hydrogen (secondary N) is 1. The number of anilines is 2. The Kier molecular flexibility index (Phi) is 4.47. The number of aromatic nitrogens is 1. The normalized spacial score (nSPS) is 10.8. The maximum Gasteiger partial charge on any atom is 0.166 e. The molecule has 0 aliphatic rings. The van der Waals surface area contributed by atoms with Crippen LogP contribution in [0.2, 0.25) is 0 Å². The number of carbonyl (C=O) groups is 1. The zero-order valence-corrected chi connectivity index (χ0v) is 13.8. The van der Waals surface area contributed by atoms with E-state index in [0.29, 0.717) is 17.5 Å². The first-order chi connectivity index (χ1) is 11.6. The molecule has 0 spiro atoms.